The number of fused-ring (bicyclic) bond motifs is 1. The molecule has 0 spiro atoms. The molecule has 1 unspecified atom stereocenters. The third-order valence-corrected chi connectivity index (χ3v) is 4.15. The molecular weight excluding hydrogens is 286 g/mol. The summed E-state index contributed by atoms with van der Waals surface area (Å²) in [6.07, 6.45) is 6.09. The number of carbonyl (C=O) groups excluding carboxylic acids is 1. The van der Waals surface area contributed by atoms with Gasteiger partial charge in [0.1, 0.15) is 0 Å². The van der Waals surface area contributed by atoms with Crippen molar-refractivity contribution < 1.29 is 4.79 Å². The van der Waals surface area contributed by atoms with Crippen molar-refractivity contribution in [3.05, 3.63) is 58.6 Å². The zero-order valence-electron chi connectivity index (χ0n) is 11.6. The monoisotopic (exact) mass is 301 g/mol. The van der Waals surface area contributed by atoms with Crippen LogP contribution in [0.5, 0.6) is 0 Å². The molecule has 2 aromatic rings. The molecule has 0 aliphatic heterocycles. The van der Waals surface area contributed by atoms with Gasteiger partial charge in [-0.3, -0.25) is 9.78 Å². The molecule has 0 fully saturated rings. The Labute approximate surface area is 128 Å². The van der Waals surface area contributed by atoms with Crippen LogP contribution in [0, 0.1) is 0 Å². The van der Waals surface area contributed by atoms with Gasteiger partial charge in [0.25, 0.3) is 0 Å². The number of benzene rings is 1. The van der Waals surface area contributed by atoms with E-state index in [1.807, 2.05) is 18.2 Å². The molecule has 1 amide bonds. The molecular formula is C16H16ClN3O. The predicted molar refractivity (Wildman–Crippen MR) is 81.0 cm³/mol. The lowest BCUT2D eigenvalue weighted by atomic mass is 9.82. The van der Waals surface area contributed by atoms with Gasteiger partial charge in [0.2, 0.25) is 5.91 Å². The maximum Gasteiger partial charge on any atom is 0.227 e. The van der Waals surface area contributed by atoms with Crippen LogP contribution in [0.1, 0.15) is 35.6 Å². The number of halogens is 1. The second kappa shape index (κ2) is 6.22. The number of carbonyl (C=O) groups is 1. The van der Waals surface area contributed by atoms with Crippen LogP contribution in [0.15, 0.2) is 36.7 Å². The highest BCUT2D eigenvalue weighted by Gasteiger charge is 2.26. The Morgan fingerprint density at radius 2 is 2.10 bits per heavy atom. The van der Waals surface area contributed by atoms with E-state index < -0.39 is 0 Å². The molecule has 5 heteroatoms. The first-order valence-electron chi connectivity index (χ1n) is 7.06. The Morgan fingerprint density at radius 3 is 2.95 bits per heavy atom. The van der Waals surface area contributed by atoms with Gasteiger partial charge in [-0.15, -0.1) is 0 Å². The van der Waals surface area contributed by atoms with Gasteiger partial charge in [0, 0.05) is 12.4 Å². The average molecular weight is 302 g/mol. The Balaban J connectivity index is 1.71. The molecule has 1 aliphatic carbocycles. The van der Waals surface area contributed by atoms with E-state index in [0.717, 1.165) is 24.8 Å². The molecule has 3 rings (SSSR count). The Bertz CT molecular complexity index is 659. The van der Waals surface area contributed by atoms with Crippen molar-refractivity contribution in [2.75, 3.05) is 0 Å². The Morgan fingerprint density at radius 1 is 1.29 bits per heavy atom. The molecule has 0 bridgehead atoms. The van der Waals surface area contributed by atoms with E-state index in [9.17, 15) is 4.79 Å². The lowest BCUT2D eigenvalue weighted by Crippen LogP contribution is -2.31. The van der Waals surface area contributed by atoms with Crippen LogP contribution in [0.25, 0.3) is 0 Å². The van der Waals surface area contributed by atoms with E-state index >= 15 is 0 Å². The van der Waals surface area contributed by atoms with E-state index in [0.29, 0.717) is 17.4 Å². The van der Waals surface area contributed by atoms with Crippen molar-refractivity contribution in [3.8, 4) is 0 Å². The van der Waals surface area contributed by atoms with E-state index in [-0.39, 0.29) is 11.8 Å². The first-order chi connectivity index (χ1) is 10.3. The van der Waals surface area contributed by atoms with E-state index in [4.69, 9.17) is 11.6 Å². The Kier molecular flexibility index (Phi) is 4.15. The molecule has 0 radical (unpaired) electrons. The third-order valence-electron chi connectivity index (χ3n) is 3.84. The maximum atomic E-state index is 12.4. The lowest BCUT2D eigenvalue weighted by molar-refractivity contribution is -0.123. The Hall–Kier alpha value is -1.94. The SMILES string of the molecule is O=C(NCc1nccnc1Cl)C1CCCc2ccccc21. The number of hydrogen-bond donors (Lipinski definition) is 1. The molecule has 1 N–H and O–H groups in total. The minimum atomic E-state index is -0.0783. The fraction of sp³-hybridized carbons (Fsp3) is 0.312. The van der Waals surface area contributed by atoms with Crippen molar-refractivity contribution in [1.29, 1.82) is 0 Å². The summed E-state index contributed by atoms with van der Waals surface area (Å²) < 4.78 is 0. The number of hydrogen-bond acceptors (Lipinski definition) is 3. The second-order valence-corrected chi connectivity index (χ2v) is 5.51. The minimum absolute atomic E-state index is 0.0314. The van der Waals surface area contributed by atoms with Crippen molar-refractivity contribution in [3.63, 3.8) is 0 Å². The van der Waals surface area contributed by atoms with Gasteiger partial charge in [0.05, 0.1) is 18.2 Å². The molecule has 0 saturated carbocycles. The lowest BCUT2D eigenvalue weighted by Gasteiger charge is -2.24. The van der Waals surface area contributed by atoms with Crippen LogP contribution in [0.4, 0.5) is 0 Å². The molecule has 1 heterocycles. The molecule has 108 valence electrons. The van der Waals surface area contributed by atoms with Gasteiger partial charge in [-0.1, -0.05) is 35.9 Å². The summed E-state index contributed by atoms with van der Waals surface area (Å²) in [5.74, 6) is -0.0470. The van der Waals surface area contributed by atoms with Gasteiger partial charge >= 0.3 is 0 Å². The zero-order valence-corrected chi connectivity index (χ0v) is 12.3. The van der Waals surface area contributed by atoms with Crippen LogP contribution in [-0.4, -0.2) is 15.9 Å². The summed E-state index contributed by atoms with van der Waals surface area (Å²) in [5, 5.41) is 3.26. The number of amides is 1. The normalized spacial score (nSPS) is 17.1. The maximum absolute atomic E-state index is 12.4. The van der Waals surface area contributed by atoms with Crippen molar-refractivity contribution >= 4 is 17.5 Å². The molecule has 1 aliphatic rings. The molecule has 4 nitrogen and oxygen atoms in total. The first kappa shape index (κ1) is 14.0. The van der Waals surface area contributed by atoms with Crippen LogP contribution >= 0.6 is 11.6 Å². The minimum Gasteiger partial charge on any atom is -0.350 e. The summed E-state index contributed by atoms with van der Waals surface area (Å²) in [6, 6.07) is 8.17. The first-order valence-corrected chi connectivity index (χ1v) is 7.44. The van der Waals surface area contributed by atoms with Crippen LogP contribution in [0.2, 0.25) is 5.15 Å². The highest BCUT2D eigenvalue weighted by atomic mass is 35.5. The van der Waals surface area contributed by atoms with Crippen molar-refractivity contribution in [2.24, 2.45) is 0 Å². The largest absolute Gasteiger partial charge is 0.350 e. The average Bonchev–Trinajstić information content (AvgIpc) is 2.53. The molecule has 1 atom stereocenters. The quantitative estimate of drug-likeness (QED) is 0.948. The molecule has 1 aromatic heterocycles. The predicted octanol–water partition coefficient (Wildman–Crippen LogP) is 2.87. The van der Waals surface area contributed by atoms with Crippen molar-refractivity contribution in [1.82, 2.24) is 15.3 Å². The smallest absolute Gasteiger partial charge is 0.227 e. The zero-order chi connectivity index (χ0) is 14.7. The van der Waals surface area contributed by atoms with Crippen LogP contribution in [-0.2, 0) is 17.8 Å². The summed E-state index contributed by atoms with van der Waals surface area (Å²) in [6.45, 7) is 0.310. The standard InChI is InChI=1S/C16H16ClN3O/c17-15-14(18-8-9-19-15)10-20-16(21)13-7-3-5-11-4-1-2-6-12(11)13/h1-2,4,6,8-9,13H,3,5,7,10H2,(H,20,21). The number of nitrogens with zero attached hydrogens (tertiary/aromatic N) is 2. The fourth-order valence-corrected chi connectivity index (χ4v) is 2.96. The number of aromatic nitrogens is 2. The van der Waals surface area contributed by atoms with E-state index in [2.05, 4.69) is 21.4 Å². The highest BCUT2D eigenvalue weighted by Crippen LogP contribution is 2.31. The highest BCUT2D eigenvalue weighted by molar-refractivity contribution is 6.29. The summed E-state index contributed by atoms with van der Waals surface area (Å²) >= 11 is 5.95. The van der Waals surface area contributed by atoms with E-state index in [1.54, 1.807) is 6.20 Å². The summed E-state index contributed by atoms with van der Waals surface area (Å²) in [4.78, 5) is 20.5. The number of nitrogens with one attached hydrogen (secondary N) is 1. The number of rotatable bonds is 3. The van der Waals surface area contributed by atoms with Gasteiger partial charge in [0.15, 0.2) is 5.15 Å². The van der Waals surface area contributed by atoms with Crippen LogP contribution in [0.3, 0.4) is 0 Å². The van der Waals surface area contributed by atoms with Gasteiger partial charge in [-0.25, -0.2) is 4.98 Å². The number of aryl methyl sites for hydroxylation is 1. The summed E-state index contributed by atoms with van der Waals surface area (Å²) in [7, 11) is 0. The molecule has 1 aromatic carbocycles. The third kappa shape index (κ3) is 3.05. The fourth-order valence-electron chi connectivity index (χ4n) is 2.79. The van der Waals surface area contributed by atoms with Gasteiger partial charge in [-0.2, -0.15) is 0 Å². The van der Waals surface area contributed by atoms with E-state index in [1.165, 1.54) is 11.8 Å². The second-order valence-electron chi connectivity index (χ2n) is 5.16. The topological polar surface area (TPSA) is 54.9 Å². The summed E-state index contributed by atoms with van der Waals surface area (Å²) in [5.41, 5.74) is 3.02. The van der Waals surface area contributed by atoms with Gasteiger partial charge < -0.3 is 5.32 Å². The van der Waals surface area contributed by atoms with Gasteiger partial charge in [-0.05, 0) is 30.4 Å². The molecule has 21 heavy (non-hydrogen) atoms. The van der Waals surface area contributed by atoms with Crippen molar-refractivity contribution in [2.45, 2.75) is 31.7 Å². The van der Waals surface area contributed by atoms with Crippen LogP contribution < -0.4 is 5.32 Å². The molecule has 0 saturated heterocycles.